The second-order valence-corrected chi connectivity index (χ2v) is 8.94. The number of nitrogens with zero attached hydrogens (tertiary/aromatic N) is 6. The number of hydrogen-bond donors (Lipinski definition) is 2. The first-order valence-electron chi connectivity index (χ1n) is 10.5. The molecule has 0 bridgehead atoms. The molecule has 11 nitrogen and oxygen atoms in total. The van der Waals surface area contributed by atoms with Gasteiger partial charge in [-0.1, -0.05) is 23.7 Å². The number of thiol groups is 1. The van der Waals surface area contributed by atoms with Crippen molar-refractivity contribution in [3.63, 3.8) is 0 Å². The molecular formula is C22H22ClN7O4S. The van der Waals surface area contributed by atoms with Crippen LogP contribution < -0.4 is 14.8 Å². The van der Waals surface area contributed by atoms with Crippen molar-refractivity contribution in [3.8, 4) is 22.6 Å². The van der Waals surface area contributed by atoms with Gasteiger partial charge in [0.05, 0.1) is 30.1 Å². The summed E-state index contributed by atoms with van der Waals surface area (Å²) < 4.78 is 35.1. The molecule has 0 amide bonds. The second kappa shape index (κ2) is 11.1. The van der Waals surface area contributed by atoms with Crippen LogP contribution in [-0.4, -0.2) is 51.8 Å². The minimum atomic E-state index is -2.54. The van der Waals surface area contributed by atoms with Crippen LogP contribution in [-0.2, 0) is 23.0 Å². The van der Waals surface area contributed by atoms with Crippen LogP contribution in [0.5, 0.6) is 11.5 Å². The number of halogens is 1. The van der Waals surface area contributed by atoms with E-state index in [0.29, 0.717) is 40.3 Å². The van der Waals surface area contributed by atoms with Gasteiger partial charge in [0.1, 0.15) is 34.6 Å². The van der Waals surface area contributed by atoms with Gasteiger partial charge >= 0.3 is 0 Å². The molecule has 1 N–H and O–H groups in total. The molecule has 0 fully saturated rings. The van der Waals surface area contributed by atoms with E-state index in [1.165, 1.54) is 13.4 Å². The lowest BCUT2D eigenvalue weighted by molar-refractivity contribution is 0.193. The van der Waals surface area contributed by atoms with Gasteiger partial charge in [-0.25, -0.2) is 23.1 Å². The summed E-state index contributed by atoms with van der Waals surface area (Å²) in [5, 5.41) is 14.6. The first-order chi connectivity index (χ1) is 16.9. The van der Waals surface area contributed by atoms with E-state index in [0.717, 1.165) is 11.1 Å². The Hall–Kier alpha value is -3.77. The third-order valence-corrected chi connectivity index (χ3v) is 5.84. The molecule has 4 rings (SSSR count). The van der Waals surface area contributed by atoms with E-state index >= 15 is 0 Å². The first-order valence-corrected chi connectivity index (χ1v) is 12.2. The molecule has 2 aromatic heterocycles. The molecular weight excluding hydrogens is 494 g/mol. The van der Waals surface area contributed by atoms with Crippen molar-refractivity contribution in [2.24, 2.45) is 0 Å². The molecule has 1 atom stereocenters. The zero-order valence-electron chi connectivity index (χ0n) is 18.8. The smallest absolute Gasteiger partial charge is 0.227 e. The molecule has 13 heteroatoms. The summed E-state index contributed by atoms with van der Waals surface area (Å²) in [7, 11) is -1.01. The second-order valence-electron chi connectivity index (χ2n) is 7.55. The van der Waals surface area contributed by atoms with Crippen molar-refractivity contribution in [1.82, 2.24) is 30.2 Å². The van der Waals surface area contributed by atoms with Crippen molar-refractivity contribution in [3.05, 3.63) is 65.7 Å². The van der Waals surface area contributed by atoms with Crippen molar-refractivity contribution in [1.29, 1.82) is 0 Å². The molecule has 0 radical (unpaired) electrons. The lowest BCUT2D eigenvalue weighted by Crippen LogP contribution is -2.20. The van der Waals surface area contributed by atoms with Crippen LogP contribution in [0.2, 0.25) is 5.02 Å². The fourth-order valence-electron chi connectivity index (χ4n) is 3.32. The van der Waals surface area contributed by atoms with E-state index in [2.05, 4.69) is 30.8 Å². The van der Waals surface area contributed by atoms with Crippen molar-refractivity contribution in [2.45, 2.75) is 25.3 Å². The number of benzene rings is 2. The number of ether oxygens (including phenoxy) is 2. The molecule has 0 aliphatic carbocycles. The number of rotatable bonds is 10. The van der Waals surface area contributed by atoms with Crippen LogP contribution in [0.3, 0.4) is 0 Å². The van der Waals surface area contributed by atoms with Crippen LogP contribution >= 0.6 is 11.6 Å². The van der Waals surface area contributed by atoms with Crippen molar-refractivity contribution >= 4 is 33.9 Å². The minimum absolute atomic E-state index is 0.0664. The maximum Gasteiger partial charge on any atom is 0.227 e. The zero-order chi connectivity index (χ0) is 24.8. The quantitative estimate of drug-likeness (QED) is 0.303. The average Bonchev–Trinajstić information content (AvgIpc) is 3.34. The molecule has 0 spiro atoms. The summed E-state index contributed by atoms with van der Waals surface area (Å²) in [6.07, 6.45) is 4.62. The van der Waals surface area contributed by atoms with Crippen LogP contribution in [0.15, 0.2) is 55.1 Å². The van der Waals surface area contributed by atoms with E-state index in [1.54, 1.807) is 41.3 Å². The summed E-state index contributed by atoms with van der Waals surface area (Å²) in [5.41, 5.74) is 2.77. The highest BCUT2D eigenvalue weighted by Crippen LogP contribution is 2.32. The summed E-state index contributed by atoms with van der Waals surface area (Å²) in [4.78, 5) is 8.77. The zero-order valence-corrected chi connectivity index (χ0v) is 20.5. The Labute approximate surface area is 208 Å². The lowest BCUT2D eigenvalue weighted by Gasteiger charge is -2.16. The normalized spacial score (nSPS) is 11.9. The summed E-state index contributed by atoms with van der Waals surface area (Å²) >= 11 is 6.33. The van der Waals surface area contributed by atoms with Crippen molar-refractivity contribution < 1.29 is 17.9 Å². The summed E-state index contributed by atoms with van der Waals surface area (Å²) in [6, 6.07) is 10.5. The summed E-state index contributed by atoms with van der Waals surface area (Å²) in [6.45, 7) is 2.36. The average molecular weight is 516 g/mol. The van der Waals surface area contributed by atoms with E-state index in [4.69, 9.17) is 21.1 Å². The Bertz CT molecular complexity index is 1360. The molecule has 0 saturated carbocycles. The van der Waals surface area contributed by atoms with E-state index < -0.39 is 10.7 Å². The molecule has 2 aromatic carbocycles. The van der Waals surface area contributed by atoms with Gasteiger partial charge in [0.2, 0.25) is 5.95 Å². The Morgan fingerprint density at radius 3 is 2.57 bits per heavy atom. The van der Waals surface area contributed by atoms with Gasteiger partial charge in [0, 0.05) is 18.0 Å². The van der Waals surface area contributed by atoms with Gasteiger partial charge in [0.25, 0.3) is 0 Å². The summed E-state index contributed by atoms with van der Waals surface area (Å²) in [5.74, 6) is 1.32. The standard InChI is InChI=1S/C22H22ClN7O4S/c1-14(11-30-13-26-28-29-30)34-21-8-16(4-5-18(21)23)17-9-24-22(25-10-17)27-19-7-15(12-35(31)32)3-6-20(19)33-2/h3-10,13-14,35H,11-12H2,1-2H3,(H,24,25,27)/t14-/m0/s1. The molecule has 2 heterocycles. The number of methoxy groups -OCH3 is 1. The van der Waals surface area contributed by atoms with Crippen LogP contribution in [0.1, 0.15) is 12.5 Å². The fourth-order valence-corrected chi connectivity index (χ4v) is 3.97. The Morgan fingerprint density at radius 1 is 1.09 bits per heavy atom. The number of tetrazole rings is 1. The topological polar surface area (TPSA) is 134 Å². The molecule has 0 aliphatic heterocycles. The number of nitrogens with one attached hydrogen (secondary N) is 1. The fraction of sp³-hybridized carbons (Fsp3) is 0.227. The van der Waals surface area contributed by atoms with Crippen molar-refractivity contribution in [2.75, 3.05) is 12.4 Å². The van der Waals surface area contributed by atoms with Gasteiger partial charge in [-0.05, 0) is 52.7 Å². The maximum absolute atomic E-state index is 11.1. The third-order valence-electron chi connectivity index (χ3n) is 4.90. The molecule has 182 valence electrons. The third kappa shape index (κ3) is 6.43. The number of aromatic nitrogens is 6. The largest absolute Gasteiger partial charge is 0.495 e. The van der Waals surface area contributed by atoms with E-state index in [9.17, 15) is 8.42 Å². The molecule has 0 saturated heterocycles. The highest BCUT2D eigenvalue weighted by Gasteiger charge is 2.12. The maximum atomic E-state index is 11.1. The van der Waals surface area contributed by atoms with Gasteiger partial charge in [-0.2, -0.15) is 0 Å². The van der Waals surface area contributed by atoms with Gasteiger partial charge in [-0.3, -0.25) is 0 Å². The van der Waals surface area contributed by atoms with Crippen LogP contribution in [0.4, 0.5) is 11.6 Å². The molecule has 0 aliphatic rings. The monoisotopic (exact) mass is 515 g/mol. The highest BCUT2D eigenvalue weighted by atomic mass is 35.5. The minimum Gasteiger partial charge on any atom is -0.495 e. The first kappa shape index (κ1) is 24.4. The lowest BCUT2D eigenvalue weighted by atomic mass is 10.1. The predicted octanol–water partition coefficient (Wildman–Crippen LogP) is 3.11. The number of hydrogen-bond acceptors (Lipinski definition) is 10. The Balaban J connectivity index is 1.49. The van der Waals surface area contributed by atoms with Gasteiger partial charge < -0.3 is 14.8 Å². The van der Waals surface area contributed by atoms with Crippen LogP contribution in [0.25, 0.3) is 11.1 Å². The molecule has 35 heavy (non-hydrogen) atoms. The SMILES string of the molecule is COc1ccc(C[SH](=O)=O)cc1Nc1ncc(-c2ccc(Cl)c(O[C@@H](C)Cn3cnnn3)c2)cn1. The highest BCUT2D eigenvalue weighted by molar-refractivity contribution is 7.71. The Kier molecular flexibility index (Phi) is 7.73. The predicted molar refractivity (Wildman–Crippen MR) is 131 cm³/mol. The van der Waals surface area contributed by atoms with Gasteiger partial charge in [0.15, 0.2) is 0 Å². The van der Waals surface area contributed by atoms with E-state index in [1.807, 2.05) is 19.1 Å². The number of anilines is 2. The van der Waals surface area contributed by atoms with Gasteiger partial charge in [-0.15, -0.1) is 5.10 Å². The Morgan fingerprint density at radius 2 is 1.89 bits per heavy atom. The molecule has 0 unspecified atom stereocenters. The van der Waals surface area contributed by atoms with Crippen LogP contribution in [0, 0.1) is 0 Å². The van der Waals surface area contributed by atoms with E-state index in [-0.39, 0.29) is 11.9 Å². The molecule has 4 aromatic rings.